The summed E-state index contributed by atoms with van der Waals surface area (Å²) in [5.74, 6) is 5.01. The molecule has 0 aliphatic rings. The third kappa shape index (κ3) is 3.72. The summed E-state index contributed by atoms with van der Waals surface area (Å²) in [6.07, 6.45) is 0. The van der Waals surface area contributed by atoms with Crippen LogP contribution in [-0.2, 0) is 0 Å². The van der Waals surface area contributed by atoms with Gasteiger partial charge < -0.3 is 16.3 Å². The van der Waals surface area contributed by atoms with Crippen LogP contribution in [-0.4, -0.2) is 24.9 Å². The second-order valence-corrected chi connectivity index (χ2v) is 7.90. The van der Waals surface area contributed by atoms with E-state index in [0.717, 1.165) is 15.3 Å². The molecule has 0 saturated carbocycles. The van der Waals surface area contributed by atoms with E-state index in [1.165, 1.54) is 28.8 Å². The number of aromatic nitrogens is 3. The number of carboxylic acid groups (broad SMARTS) is 1. The highest BCUT2D eigenvalue weighted by Crippen LogP contribution is 2.24. The summed E-state index contributed by atoms with van der Waals surface area (Å²) >= 11 is 0. The molecule has 0 aliphatic heterocycles. The Morgan fingerprint density at radius 2 is 1.33 bits per heavy atom. The molecule has 178 valence electrons. The number of fused-ring (bicyclic) bond motifs is 1. The van der Waals surface area contributed by atoms with E-state index in [2.05, 4.69) is 5.32 Å². The maximum atomic E-state index is 13.8. The van der Waals surface area contributed by atoms with E-state index in [0.29, 0.717) is 17.1 Å². The van der Waals surface area contributed by atoms with Gasteiger partial charge in [0.25, 0.3) is 11.1 Å². The lowest BCUT2D eigenvalue weighted by Crippen LogP contribution is -2.42. The van der Waals surface area contributed by atoms with Crippen molar-refractivity contribution < 1.29 is 9.90 Å². The van der Waals surface area contributed by atoms with Crippen LogP contribution in [0.4, 0.5) is 11.4 Å². The molecule has 5 rings (SSSR count). The van der Waals surface area contributed by atoms with E-state index in [9.17, 15) is 19.2 Å². The first-order valence-electron chi connectivity index (χ1n) is 10.8. The topological polar surface area (TPSA) is 141 Å². The summed E-state index contributed by atoms with van der Waals surface area (Å²) in [6.45, 7) is 0. The van der Waals surface area contributed by atoms with Gasteiger partial charge in [0.2, 0.25) is 0 Å². The lowest BCUT2D eigenvalue weighted by atomic mass is 10.2. The van der Waals surface area contributed by atoms with Gasteiger partial charge in [-0.1, -0.05) is 36.4 Å². The van der Waals surface area contributed by atoms with E-state index < -0.39 is 22.8 Å². The molecule has 0 amide bonds. The first kappa shape index (κ1) is 22.4. The number of carbonyl (C=O) groups is 1. The number of aromatic carboxylic acids is 1. The van der Waals surface area contributed by atoms with Crippen LogP contribution in [0.3, 0.4) is 0 Å². The average molecular weight is 481 g/mol. The third-order valence-corrected chi connectivity index (χ3v) is 5.68. The van der Waals surface area contributed by atoms with Crippen LogP contribution in [0.1, 0.15) is 10.4 Å². The molecule has 0 unspecified atom stereocenters. The van der Waals surface area contributed by atoms with Crippen molar-refractivity contribution in [2.45, 2.75) is 0 Å². The summed E-state index contributed by atoms with van der Waals surface area (Å²) < 4.78 is 2.99. The third-order valence-electron chi connectivity index (χ3n) is 5.68. The molecule has 0 bridgehead atoms. The van der Waals surface area contributed by atoms with Crippen LogP contribution < -0.4 is 28.0 Å². The summed E-state index contributed by atoms with van der Waals surface area (Å²) in [5, 5.41) is 12.2. The Hall–Kier alpha value is -5.38. The second-order valence-electron chi connectivity index (χ2n) is 7.90. The van der Waals surface area contributed by atoms with Crippen LogP contribution >= 0.6 is 0 Å². The number of rotatable bonds is 5. The van der Waals surface area contributed by atoms with Crippen molar-refractivity contribution in [3.8, 4) is 11.4 Å². The molecule has 0 aliphatic carbocycles. The van der Waals surface area contributed by atoms with E-state index in [1.54, 1.807) is 60.7 Å². The van der Waals surface area contributed by atoms with Crippen molar-refractivity contribution in [3.63, 3.8) is 0 Å². The molecular formula is C26H19N5O5. The maximum absolute atomic E-state index is 13.8. The number of anilines is 2. The molecule has 2 aromatic heterocycles. The number of hydrogen-bond donors (Lipinski definition) is 3. The largest absolute Gasteiger partial charge is 0.478 e. The van der Waals surface area contributed by atoms with Crippen LogP contribution in [0.2, 0.25) is 0 Å². The minimum atomic E-state index is -1.09. The Bertz CT molecular complexity index is 1790. The number of nitrogens with zero attached hydrogens (tertiary/aromatic N) is 3. The Morgan fingerprint density at radius 3 is 1.89 bits per heavy atom. The van der Waals surface area contributed by atoms with Crippen LogP contribution in [0.15, 0.2) is 105 Å². The van der Waals surface area contributed by atoms with Gasteiger partial charge in [0.1, 0.15) is 5.39 Å². The Labute approximate surface area is 202 Å². The normalized spacial score (nSPS) is 10.9. The first-order chi connectivity index (χ1) is 17.4. The number of hydrogen-bond acceptors (Lipinski definition) is 6. The van der Waals surface area contributed by atoms with Crippen molar-refractivity contribution in [2.75, 3.05) is 11.2 Å². The smallest absolute Gasteiger partial charge is 0.341 e. The minimum absolute atomic E-state index is 0.00767. The maximum Gasteiger partial charge on any atom is 0.341 e. The molecule has 36 heavy (non-hydrogen) atoms. The molecule has 10 heteroatoms. The summed E-state index contributed by atoms with van der Waals surface area (Å²) in [5.41, 5.74) is -0.786. The van der Waals surface area contributed by atoms with E-state index >= 15 is 0 Å². The van der Waals surface area contributed by atoms with Crippen LogP contribution in [0.5, 0.6) is 0 Å². The van der Waals surface area contributed by atoms with Gasteiger partial charge in [0.05, 0.1) is 22.6 Å². The summed E-state index contributed by atoms with van der Waals surface area (Å²) in [6, 6.07) is 23.9. The van der Waals surface area contributed by atoms with Gasteiger partial charge >= 0.3 is 11.7 Å². The Kier molecular flexibility index (Phi) is 5.46. The molecule has 0 fully saturated rings. The fraction of sp³-hybridized carbons (Fsp3) is 0. The zero-order chi connectivity index (χ0) is 25.4. The van der Waals surface area contributed by atoms with Gasteiger partial charge in [0, 0.05) is 11.8 Å². The zero-order valence-electron chi connectivity index (χ0n) is 18.7. The van der Waals surface area contributed by atoms with Gasteiger partial charge in [-0.05, 0) is 48.5 Å². The molecule has 10 nitrogen and oxygen atoms in total. The standard InChI is InChI=1S/C26H19N5O5/c27-31-21(32)15-20(28-17-13-11-16(12-14-17)25(34)35)22-23(31)29(18-7-3-1-4-8-18)26(36)30(24(22)33)19-9-5-2-6-10-19/h1-15,28H,27H2,(H,34,35). The molecule has 5 aromatic rings. The summed E-state index contributed by atoms with van der Waals surface area (Å²) in [7, 11) is 0. The zero-order valence-corrected chi connectivity index (χ0v) is 18.7. The van der Waals surface area contributed by atoms with Crippen molar-refractivity contribution in [1.29, 1.82) is 0 Å². The predicted molar refractivity (Wildman–Crippen MR) is 136 cm³/mol. The van der Waals surface area contributed by atoms with Gasteiger partial charge in [-0.2, -0.15) is 0 Å². The quantitative estimate of drug-likeness (QED) is 0.328. The van der Waals surface area contributed by atoms with Crippen molar-refractivity contribution in [2.24, 2.45) is 0 Å². The minimum Gasteiger partial charge on any atom is -0.478 e. The molecule has 0 saturated heterocycles. The summed E-state index contributed by atoms with van der Waals surface area (Å²) in [4.78, 5) is 51.6. The van der Waals surface area contributed by atoms with Crippen LogP contribution in [0.25, 0.3) is 22.4 Å². The lowest BCUT2D eigenvalue weighted by molar-refractivity contribution is 0.0697. The van der Waals surface area contributed by atoms with E-state index in [1.807, 2.05) is 0 Å². The molecule has 0 radical (unpaired) electrons. The lowest BCUT2D eigenvalue weighted by Gasteiger charge is -2.18. The van der Waals surface area contributed by atoms with E-state index in [4.69, 9.17) is 10.9 Å². The molecule has 4 N–H and O–H groups in total. The average Bonchev–Trinajstić information content (AvgIpc) is 2.88. The van der Waals surface area contributed by atoms with E-state index in [-0.39, 0.29) is 22.3 Å². The number of para-hydroxylation sites is 2. The number of carboxylic acids is 1. The molecule has 0 atom stereocenters. The van der Waals surface area contributed by atoms with Gasteiger partial charge in [0.15, 0.2) is 5.65 Å². The number of benzene rings is 3. The number of nitrogens with one attached hydrogen (secondary N) is 1. The highest BCUT2D eigenvalue weighted by molar-refractivity contribution is 5.92. The van der Waals surface area contributed by atoms with Gasteiger partial charge in [-0.3, -0.25) is 9.59 Å². The molecule has 0 spiro atoms. The van der Waals surface area contributed by atoms with Crippen molar-refractivity contribution in [1.82, 2.24) is 13.8 Å². The second kappa shape index (κ2) is 8.76. The van der Waals surface area contributed by atoms with Crippen LogP contribution in [0, 0.1) is 0 Å². The molecule has 2 heterocycles. The number of nitrogens with two attached hydrogens (primary N) is 1. The fourth-order valence-electron chi connectivity index (χ4n) is 3.99. The fourth-order valence-corrected chi connectivity index (χ4v) is 3.99. The monoisotopic (exact) mass is 481 g/mol. The Morgan fingerprint density at radius 1 is 0.778 bits per heavy atom. The molecular weight excluding hydrogens is 462 g/mol. The van der Waals surface area contributed by atoms with Crippen molar-refractivity contribution >= 4 is 28.4 Å². The molecule has 3 aromatic carbocycles. The first-order valence-corrected chi connectivity index (χ1v) is 10.8. The number of nitrogen functional groups attached to an aromatic ring is 1. The Balaban J connectivity index is 1.89. The van der Waals surface area contributed by atoms with Gasteiger partial charge in [-0.25, -0.2) is 23.4 Å². The SMILES string of the molecule is Nn1c(=O)cc(Nc2ccc(C(=O)O)cc2)c2c(=O)n(-c3ccccc3)c(=O)n(-c3ccccc3)c21. The van der Waals surface area contributed by atoms with Gasteiger partial charge in [-0.15, -0.1) is 0 Å². The van der Waals surface area contributed by atoms with Crippen molar-refractivity contribution in [3.05, 3.63) is 128 Å². The highest BCUT2D eigenvalue weighted by atomic mass is 16.4. The highest BCUT2D eigenvalue weighted by Gasteiger charge is 2.22. The predicted octanol–water partition coefficient (Wildman–Crippen LogP) is 2.46. The number of pyridine rings is 1.